The molecule has 2 N–H and O–H groups in total. The molecule has 0 bridgehead atoms. The minimum Gasteiger partial charge on any atom is -0.544 e. The van der Waals surface area contributed by atoms with Crippen molar-refractivity contribution in [2.45, 2.75) is 24.8 Å². The molecular formula is C10H21NO6S. The number of carbonyl (C=O) groups excluding carboxylic acids is 1. The number of carbonyl (C=O) groups is 1. The first-order valence-electron chi connectivity index (χ1n) is 5.55. The van der Waals surface area contributed by atoms with Crippen molar-refractivity contribution < 1.29 is 32.5 Å². The summed E-state index contributed by atoms with van der Waals surface area (Å²) in [4.78, 5) is 11.4. The predicted molar refractivity (Wildman–Crippen MR) is 63.1 cm³/mol. The van der Waals surface area contributed by atoms with Gasteiger partial charge in [-0.05, 0) is 6.42 Å². The number of likely N-dealkylation sites (N-methyl/N-ethyl adjacent to an activating group) is 1. The maximum Gasteiger partial charge on any atom is 0.264 e. The molecule has 0 heterocycles. The summed E-state index contributed by atoms with van der Waals surface area (Å²) in [5.74, 6) is -1.84. The lowest BCUT2D eigenvalue weighted by molar-refractivity contribution is -0.917. The third kappa shape index (κ3) is 4.52. The summed E-state index contributed by atoms with van der Waals surface area (Å²) in [5, 5.41) is 20.4. The van der Waals surface area contributed by atoms with E-state index in [9.17, 15) is 18.3 Å². The van der Waals surface area contributed by atoms with Crippen molar-refractivity contribution >= 4 is 16.1 Å². The SMILES string of the molecule is C[N+](C)(C)C(CCO)(CCCS(=O)(=O)O)C(=O)[O-]. The summed E-state index contributed by atoms with van der Waals surface area (Å²) in [6.45, 7) is -0.338. The lowest BCUT2D eigenvalue weighted by Gasteiger charge is -2.47. The van der Waals surface area contributed by atoms with E-state index in [-0.39, 0.29) is 30.4 Å². The highest BCUT2D eigenvalue weighted by Gasteiger charge is 2.43. The molecule has 0 aliphatic heterocycles. The predicted octanol–water partition coefficient (Wildman–Crippen LogP) is -1.77. The van der Waals surface area contributed by atoms with Crippen molar-refractivity contribution in [1.82, 2.24) is 0 Å². The molecule has 0 aromatic rings. The Balaban J connectivity index is 5.04. The standard InChI is InChI=1S/C10H21NO6S/c1-11(2,3)10(6-7-12,9(13)14)5-4-8-18(15,16)17/h12H,4-8H2,1-3H3,(H-,13,14,15,16,17). The van der Waals surface area contributed by atoms with Gasteiger partial charge in [0.25, 0.3) is 10.1 Å². The summed E-state index contributed by atoms with van der Waals surface area (Å²) < 4.78 is 29.9. The van der Waals surface area contributed by atoms with Gasteiger partial charge in [0.1, 0.15) is 11.5 Å². The molecule has 7 nitrogen and oxygen atoms in total. The van der Waals surface area contributed by atoms with Gasteiger partial charge in [-0.25, -0.2) is 0 Å². The van der Waals surface area contributed by atoms with Crippen molar-refractivity contribution in [2.75, 3.05) is 33.5 Å². The quantitative estimate of drug-likeness (QED) is 0.402. The zero-order valence-corrected chi connectivity index (χ0v) is 11.7. The third-order valence-electron chi connectivity index (χ3n) is 3.18. The van der Waals surface area contributed by atoms with E-state index in [0.29, 0.717) is 0 Å². The lowest BCUT2D eigenvalue weighted by Crippen LogP contribution is -2.66. The molecule has 0 aromatic carbocycles. The molecule has 0 rings (SSSR count). The van der Waals surface area contributed by atoms with Gasteiger partial charge in [-0.1, -0.05) is 0 Å². The molecular weight excluding hydrogens is 262 g/mol. The highest BCUT2D eigenvalue weighted by molar-refractivity contribution is 7.85. The molecule has 1 unspecified atom stereocenters. The van der Waals surface area contributed by atoms with Crippen molar-refractivity contribution in [3.63, 3.8) is 0 Å². The minimum atomic E-state index is -4.12. The zero-order chi connectivity index (χ0) is 14.6. The second-order valence-corrected chi connectivity index (χ2v) is 6.77. The van der Waals surface area contributed by atoms with Gasteiger partial charge in [0.15, 0.2) is 0 Å². The number of hydrogen-bond acceptors (Lipinski definition) is 5. The number of aliphatic hydroxyl groups excluding tert-OH is 1. The molecule has 0 amide bonds. The molecule has 0 fully saturated rings. The minimum absolute atomic E-state index is 0.000810. The molecule has 0 radical (unpaired) electrons. The molecule has 8 heteroatoms. The number of rotatable bonds is 8. The Bertz CT molecular complexity index is 386. The number of aliphatic carboxylic acids is 1. The molecule has 0 aliphatic rings. The highest BCUT2D eigenvalue weighted by atomic mass is 32.2. The second-order valence-electron chi connectivity index (χ2n) is 5.19. The molecule has 1 atom stereocenters. The fourth-order valence-electron chi connectivity index (χ4n) is 2.01. The van der Waals surface area contributed by atoms with Gasteiger partial charge in [0.2, 0.25) is 0 Å². The normalized spacial score (nSPS) is 16.3. The van der Waals surface area contributed by atoms with Crippen LogP contribution in [0.3, 0.4) is 0 Å². The van der Waals surface area contributed by atoms with Crippen LogP contribution < -0.4 is 5.11 Å². The fraction of sp³-hybridized carbons (Fsp3) is 0.900. The molecule has 108 valence electrons. The van der Waals surface area contributed by atoms with Crippen LogP contribution in [0.25, 0.3) is 0 Å². The molecule has 0 aromatic heterocycles. The van der Waals surface area contributed by atoms with E-state index in [4.69, 9.17) is 9.66 Å². The molecule has 0 saturated carbocycles. The van der Waals surface area contributed by atoms with Crippen LogP contribution in [0.4, 0.5) is 0 Å². The Morgan fingerprint density at radius 1 is 1.28 bits per heavy atom. The van der Waals surface area contributed by atoms with E-state index in [1.54, 1.807) is 21.1 Å². The van der Waals surface area contributed by atoms with Crippen LogP contribution in [0.1, 0.15) is 19.3 Å². The summed E-state index contributed by atoms with van der Waals surface area (Å²) in [6.07, 6.45) is -0.0498. The average Bonchev–Trinajstić information content (AvgIpc) is 2.12. The molecule has 18 heavy (non-hydrogen) atoms. The largest absolute Gasteiger partial charge is 0.544 e. The van der Waals surface area contributed by atoms with E-state index in [2.05, 4.69) is 0 Å². The first-order chi connectivity index (χ1) is 7.96. The van der Waals surface area contributed by atoms with Crippen LogP contribution in [-0.2, 0) is 14.9 Å². The number of carboxylic acids is 1. The third-order valence-corrected chi connectivity index (χ3v) is 3.99. The Hall–Kier alpha value is -0.700. The van der Waals surface area contributed by atoms with Crippen LogP contribution >= 0.6 is 0 Å². The van der Waals surface area contributed by atoms with Crippen LogP contribution in [-0.4, -0.2) is 67.6 Å². The van der Waals surface area contributed by atoms with Gasteiger partial charge in [-0.3, -0.25) is 4.55 Å². The zero-order valence-electron chi connectivity index (χ0n) is 10.9. The summed E-state index contributed by atoms with van der Waals surface area (Å²) in [6, 6.07) is 0. The number of quaternary nitrogens is 1. The monoisotopic (exact) mass is 283 g/mol. The number of aliphatic hydroxyl groups is 1. The van der Waals surface area contributed by atoms with E-state index in [1.807, 2.05) is 0 Å². The van der Waals surface area contributed by atoms with Crippen molar-refractivity contribution in [2.24, 2.45) is 0 Å². The van der Waals surface area contributed by atoms with E-state index in [1.165, 1.54) is 0 Å². The van der Waals surface area contributed by atoms with Crippen LogP contribution in [0.2, 0.25) is 0 Å². The van der Waals surface area contributed by atoms with Crippen molar-refractivity contribution in [1.29, 1.82) is 0 Å². The number of hydrogen-bond donors (Lipinski definition) is 2. The molecule has 0 spiro atoms. The summed E-state index contributed by atoms with van der Waals surface area (Å²) in [5.41, 5.74) is -1.38. The Morgan fingerprint density at radius 2 is 1.78 bits per heavy atom. The van der Waals surface area contributed by atoms with Gasteiger partial charge in [-0.15, -0.1) is 0 Å². The smallest absolute Gasteiger partial charge is 0.264 e. The topological polar surface area (TPSA) is 115 Å². The van der Waals surface area contributed by atoms with Gasteiger partial charge in [-0.2, -0.15) is 8.42 Å². The van der Waals surface area contributed by atoms with Crippen LogP contribution in [0.5, 0.6) is 0 Å². The van der Waals surface area contributed by atoms with E-state index < -0.39 is 27.4 Å². The first-order valence-corrected chi connectivity index (χ1v) is 7.16. The Kier molecular flexibility index (Phi) is 5.73. The Labute approximate surface area is 107 Å². The second kappa shape index (κ2) is 5.96. The van der Waals surface area contributed by atoms with Crippen LogP contribution in [0, 0.1) is 0 Å². The van der Waals surface area contributed by atoms with Gasteiger partial charge in [0, 0.05) is 19.4 Å². The molecule has 0 saturated heterocycles. The maximum absolute atomic E-state index is 11.4. The Morgan fingerprint density at radius 3 is 2.06 bits per heavy atom. The van der Waals surface area contributed by atoms with Crippen molar-refractivity contribution in [3.8, 4) is 0 Å². The van der Waals surface area contributed by atoms with E-state index in [0.717, 1.165) is 0 Å². The van der Waals surface area contributed by atoms with Crippen LogP contribution in [0.15, 0.2) is 0 Å². The fourth-order valence-corrected chi connectivity index (χ4v) is 2.51. The number of carboxylic acid groups (broad SMARTS) is 1. The summed E-state index contributed by atoms with van der Waals surface area (Å²) in [7, 11) is 0.798. The van der Waals surface area contributed by atoms with Gasteiger partial charge < -0.3 is 19.5 Å². The van der Waals surface area contributed by atoms with Crippen molar-refractivity contribution in [3.05, 3.63) is 0 Å². The van der Waals surface area contributed by atoms with Gasteiger partial charge >= 0.3 is 0 Å². The first kappa shape index (κ1) is 17.3. The van der Waals surface area contributed by atoms with Gasteiger partial charge in [0.05, 0.1) is 26.9 Å². The highest BCUT2D eigenvalue weighted by Crippen LogP contribution is 2.28. The number of nitrogens with zero attached hydrogens (tertiary/aromatic N) is 1. The van der Waals surface area contributed by atoms with E-state index >= 15 is 0 Å². The maximum atomic E-state index is 11.4. The molecule has 0 aliphatic carbocycles. The summed E-state index contributed by atoms with van der Waals surface area (Å²) >= 11 is 0. The lowest BCUT2D eigenvalue weighted by atomic mass is 9.87. The average molecular weight is 283 g/mol.